The van der Waals surface area contributed by atoms with E-state index >= 15 is 0 Å². The van der Waals surface area contributed by atoms with Gasteiger partial charge in [0.1, 0.15) is 17.9 Å². The van der Waals surface area contributed by atoms with Crippen LogP contribution in [-0.2, 0) is 13.1 Å². The van der Waals surface area contributed by atoms with Crippen LogP contribution in [0, 0.1) is 12.3 Å². The van der Waals surface area contributed by atoms with Crippen LogP contribution < -0.4 is 5.73 Å². The Morgan fingerprint density at radius 3 is 2.88 bits per heavy atom. The Balaban J connectivity index is 2.41. The van der Waals surface area contributed by atoms with Gasteiger partial charge in [-0.1, -0.05) is 5.92 Å². The number of nitrogens with two attached hydrogens (primary N) is 1. The highest BCUT2D eigenvalue weighted by Crippen LogP contribution is 2.15. The maximum absolute atomic E-state index is 5.61. The molecule has 5 heteroatoms. The van der Waals surface area contributed by atoms with E-state index in [1.165, 1.54) is 0 Å². The normalized spacial score (nSPS) is 10.0. The van der Waals surface area contributed by atoms with Crippen molar-refractivity contribution in [3.63, 3.8) is 0 Å². The minimum Gasteiger partial charge on any atom is -0.325 e. The molecule has 0 saturated heterocycles. The molecule has 2 aromatic heterocycles. The molecule has 0 fully saturated rings. The van der Waals surface area contributed by atoms with Crippen LogP contribution in [0.5, 0.6) is 0 Å². The maximum Gasteiger partial charge on any atom is 0.113 e. The van der Waals surface area contributed by atoms with E-state index in [2.05, 4.69) is 21.0 Å². The van der Waals surface area contributed by atoms with Crippen molar-refractivity contribution in [1.29, 1.82) is 0 Å². The van der Waals surface area contributed by atoms with Crippen LogP contribution in [0.4, 0.5) is 0 Å². The predicted molar refractivity (Wildman–Crippen MR) is 60.0 cm³/mol. The first-order valence-electron chi connectivity index (χ1n) is 4.82. The molecule has 0 atom stereocenters. The molecule has 0 saturated carbocycles. The quantitative estimate of drug-likeness (QED) is 0.751. The fourth-order valence-corrected chi connectivity index (χ4v) is 1.40. The van der Waals surface area contributed by atoms with Gasteiger partial charge in [0.15, 0.2) is 0 Å². The van der Waals surface area contributed by atoms with E-state index < -0.39 is 0 Å². The van der Waals surface area contributed by atoms with Crippen LogP contribution in [0.3, 0.4) is 0 Å². The molecule has 0 aliphatic heterocycles. The van der Waals surface area contributed by atoms with Crippen molar-refractivity contribution in [2.45, 2.75) is 13.1 Å². The lowest BCUT2D eigenvalue weighted by Crippen LogP contribution is -2.07. The molecular formula is C11H11N5. The van der Waals surface area contributed by atoms with Crippen LogP contribution in [0.2, 0.25) is 0 Å². The van der Waals surface area contributed by atoms with Crippen LogP contribution in [-0.4, -0.2) is 19.7 Å². The molecule has 0 bridgehead atoms. The lowest BCUT2D eigenvalue weighted by Gasteiger charge is -1.98. The number of hydrogen-bond donors (Lipinski definition) is 1. The molecule has 80 valence electrons. The summed E-state index contributed by atoms with van der Waals surface area (Å²) in [6.07, 6.45) is 10.1. The average Bonchev–Trinajstić information content (AvgIpc) is 2.74. The van der Waals surface area contributed by atoms with Gasteiger partial charge in [0.2, 0.25) is 0 Å². The Morgan fingerprint density at radius 2 is 2.25 bits per heavy atom. The van der Waals surface area contributed by atoms with E-state index in [0.29, 0.717) is 18.8 Å². The van der Waals surface area contributed by atoms with Gasteiger partial charge in [-0.25, -0.2) is 0 Å². The standard InChI is InChI=1S/C11H11N5/c1-2-5-16-9(7-12)6-10(15-16)11-8-13-3-4-14-11/h1,3-4,6,8H,5,7,12H2. The van der Waals surface area contributed by atoms with Crippen LogP contribution >= 0.6 is 0 Å². The third-order valence-corrected chi connectivity index (χ3v) is 2.14. The van der Waals surface area contributed by atoms with E-state index in [1.807, 2.05) is 6.07 Å². The van der Waals surface area contributed by atoms with Crippen molar-refractivity contribution in [3.8, 4) is 23.7 Å². The zero-order chi connectivity index (χ0) is 11.4. The topological polar surface area (TPSA) is 69.6 Å². The molecule has 2 heterocycles. The Kier molecular flexibility index (Phi) is 2.94. The molecular weight excluding hydrogens is 202 g/mol. The van der Waals surface area contributed by atoms with Crippen molar-refractivity contribution in [2.24, 2.45) is 5.73 Å². The lowest BCUT2D eigenvalue weighted by atomic mass is 10.3. The summed E-state index contributed by atoms with van der Waals surface area (Å²) in [5.74, 6) is 2.53. The number of aromatic nitrogens is 4. The van der Waals surface area contributed by atoms with Crippen LogP contribution in [0.25, 0.3) is 11.4 Å². The second-order valence-electron chi connectivity index (χ2n) is 3.18. The monoisotopic (exact) mass is 213 g/mol. The summed E-state index contributed by atoms with van der Waals surface area (Å²) in [5.41, 5.74) is 7.95. The van der Waals surface area contributed by atoms with Crippen molar-refractivity contribution >= 4 is 0 Å². The number of hydrogen-bond acceptors (Lipinski definition) is 4. The fraction of sp³-hybridized carbons (Fsp3) is 0.182. The van der Waals surface area contributed by atoms with Gasteiger partial charge in [-0.3, -0.25) is 14.6 Å². The largest absolute Gasteiger partial charge is 0.325 e. The van der Waals surface area contributed by atoms with Crippen molar-refractivity contribution in [2.75, 3.05) is 0 Å². The molecule has 2 aromatic rings. The van der Waals surface area contributed by atoms with Crippen LogP contribution in [0.15, 0.2) is 24.7 Å². The van der Waals surface area contributed by atoms with Gasteiger partial charge in [0.05, 0.1) is 11.9 Å². The highest BCUT2D eigenvalue weighted by atomic mass is 15.3. The van der Waals surface area contributed by atoms with Gasteiger partial charge >= 0.3 is 0 Å². The molecule has 0 unspecified atom stereocenters. The molecule has 16 heavy (non-hydrogen) atoms. The van der Waals surface area contributed by atoms with E-state index in [1.54, 1.807) is 23.3 Å². The Bertz CT molecular complexity index is 509. The summed E-state index contributed by atoms with van der Waals surface area (Å²) in [7, 11) is 0. The van der Waals surface area contributed by atoms with E-state index in [0.717, 1.165) is 11.4 Å². The highest BCUT2D eigenvalue weighted by molar-refractivity contribution is 5.52. The Morgan fingerprint density at radius 1 is 1.38 bits per heavy atom. The first kappa shape index (κ1) is 10.3. The summed E-state index contributed by atoms with van der Waals surface area (Å²) in [4.78, 5) is 8.16. The zero-order valence-corrected chi connectivity index (χ0v) is 8.67. The molecule has 5 nitrogen and oxygen atoms in total. The third kappa shape index (κ3) is 1.92. The van der Waals surface area contributed by atoms with E-state index in [9.17, 15) is 0 Å². The van der Waals surface area contributed by atoms with Gasteiger partial charge < -0.3 is 5.73 Å². The van der Waals surface area contributed by atoms with E-state index in [-0.39, 0.29) is 0 Å². The number of rotatable bonds is 3. The minimum atomic E-state index is 0.398. The van der Waals surface area contributed by atoms with Gasteiger partial charge in [-0.2, -0.15) is 5.10 Å². The number of nitrogens with zero attached hydrogens (tertiary/aromatic N) is 4. The molecule has 0 aromatic carbocycles. The second kappa shape index (κ2) is 4.55. The smallest absolute Gasteiger partial charge is 0.113 e. The van der Waals surface area contributed by atoms with Crippen molar-refractivity contribution < 1.29 is 0 Å². The zero-order valence-electron chi connectivity index (χ0n) is 8.67. The second-order valence-corrected chi connectivity index (χ2v) is 3.18. The fourth-order valence-electron chi connectivity index (χ4n) is 1.40. The van der Waals surface area contributed by atoms with Crippen molar-refractivity contribution in [3.05, 3.63) is 30.4 Å². The predicted octanol–water partition coefficient (Wildman–Crippen LogP) is 0.432. The number of terminal acetylenes is 1. The summed E-state index contributed by atoms with van der Waals surface area (Å²) in [5, 5.41) is 4.33. The maximum atomic E-state index is 5.61. The van der Waals surface area contributed by atoms with Gasteiger partial charge in [0.25, 0.3) is 0 Å². The minimum absolute atomic E-state index is 0.398. The lowest BCUT2D eigenvalue weighted by molar-refractivity contribution is 0.671. The third-order valence-electron chi connectivity index (χ3n) is 2.14. The molecule has 0 spiro atoms. The Labute approximate surface area is 93.3 Å². The summed E-state index contributed by atoms with van der Waals surface area (Å²) >= 11 is 0. The van der Waals surface area contributed by atoms with Gasteiger partial charge in [-0.05, 0) is 6.07 Å². The molecule has 2 N–H and O–H groups in total. The first-order valence-corrected chi connectivity index (χ1v) is 4.82. The molecule has 2 rings (SSSR count). The van der Waals surface area contributed by atoms with Crippen molar-refractivity contribution in [1.82, 2.24) is 19.7 Å². The average molecular weight is 213 g/mol. The summed E-state index contributed by atoms with van der Waals surface area (Å²) in [6.45, 7) is 0.807. The first-order chi connectivity index (χ1) is 7.85. The van der Waals surface area contributed by atoms with E-state index in [4.69, 9.17) is 12.2 Å². The molecule has 0 amide bonds. The summed E-state index contributed by atoms with van der Waals surface area (Å²) in [6, 6.07) is 1.88. The van der Waals surface area contributed by atoms with Crippen LogP contribution in [0.1, 0.15) is 5.69 Å². The SMILES string of the molecule is C#CCn1nc(-c2cnccn2)cc1CN. The molecule has 0 radical (unpaired) electrons. The highest BCUT2D eigenvalue weighted by Gasteiger charge is 2.08. The van der Waals surface area contributed by atoms with Gasteiger partial charge in [-0.15, -0.1) is 6.42 Å². The van der Waals surface area contributed by atoms with Gasteiger partial charge in [0, 0.05) is 18.9 Å². The Hall–Kier alpha value is -2.19. The molecule has 0 aliphatic carbocycles. The summed E-state index contributed by atoms with van der Waals surface area (Å²) < 4.78 is 1.70. The molecule has 0 aliphatic rings.